The van der Waals surface area contributed by atoms with E-state index < -0.39 is 0 Å². The van der Waals surface area contributed by atoms with Crippen LogP contribution >= 0.6 is 0 Å². The highest BCUT2D eigenvalue weighted by molar-refractivity contribution is 5.77. The Balaban J connectivity index is 1.56. The van der Waals surface area contributed by atoms with E-state index in [9.17, 15) is 4.79 Å². The van der Waals surface area contributed by atoms with Crippen molar-refractivity contribution in [1.29, 1.82) is 0 Å². The Hall–Kier alpha value is -2.24. The lowest BCUT2D eigenvalue weighted by atomic mass is 10.1. The van der Waals surface area contributed by atoms with Gasteiger partial charge in [-0.1, -0.05) is 24.1 Å². The molecule has 0 aromatic carbocycles. The molecule has 1 saturated carbocycles. The first kappa shape index (κ1) is 14.7. The van der Waals surface area contributed by atoms with E-state index in [0.717, 1.165) is 24.4 Å². The van der Waals surface area contributed by atoms with Crippen LogP contribution < -0.4 is 0 Å². The molecule has 0 aliphatic heterocycles. The van der Waals surface area contributed by atoms with Gasteiger partial charge in [-0.25, -0.2) is 0 Å². The van der Waals surface area contributed by atoms with Gasteiger partial charge >= 0.3 is 0 Å². The predicted octanol–water partition coefficient (Wildman–Crippen LogP) is 2.32. The number of hydrogen-bond acceptors (Lipinski definition) is 5. The average molecular weight is 300 g/mol. The molecular formula is C16H20N4O2. The fourth-order valence-corrected chi connectivity index (χ4v) is 2.76. The third-order valence-electron chi connectivity index (χ3n) is 4.05. The first-order chi connectivity index (χ1) is 10.7. The molecule has 0 unspecified atom stereocenters. The number of hydrogen-bond donors (Lipinski definition) is 0. The summed E-state index contributed by atoms with van der Waals surface area (Å²) in [5, 5.41) is 3.99. The SMILES string of the molecule is CN(Cc1noc(C2CCCC2)n1)C(=O)Cc1ccccn1. The number of pyridine rings is 1. The molecule has 0 N–H and O–H groups in total. The molecule has 1 amide bonds. The molecule has 1 aliphatic carbocycles. The molecule has 3 rings (SSSR count). The maximum Gasteiger partial charge on any atom is 0.229 e. The van der Waals surface area contributed by atoms with E-state index in [-0.39, 0.29) is 12.3 Å². The van der Waals surface area contributed by atoms with Crippen LogP contribution in [0.1, 0.15) is 49.0 Å². The molecule has 2 aromatic heterocycles. The number of nitrogens with zero attached hydrogens (tertiary/aromatic N) is 4. The summed E-state index contributed by atoms with van der Waals surface area (Å²) in [6, 6.07) is 5.56. The van der Waals surface area contributed by atoms with Crippen molar-refractivity contribution < 1.29 is 9.32 Å². The zero-order chi connectivity index (χ0) is 15.4. The normalized spacial score (nSPS) is 15.1. The Morgan fingerprint density at radius 3 is 2.91 bits per heavy atom. The van der Waals surface area contributed by atoms with Crippen molar-refractivity contribution in [3.05, 3.63) is 41.8 Å². The van der Waals surface area contributed by atoms with Gasteiger partial charge in [0.2, 0.25) is 11.8 Å². The van der Waals surface area contributed by atoms with E-state index in [0.29, 0.717) is 18.3 Å². The highest BCUT2D eigenvalue weighted by atomic mass is 16.5. The van der Waals surface area contributed by atoms with Crippen molar-refractivity contribution in [2.24, 2.45) is 0 Å². The number of carbonyl (C=O) groups excluding carboxylic acids is 1. The second kappa shape index (κ2) is 6.68. The topological polar surface area (TPSA) is 72.1 Å². The zero-order valence-corrected chi connectivity index (χ0v) is 12.7. The van der Waals surface area contributed by atoms with Crippen LogP contribution in [0.2, 0.25) is 0 Å². The summed E-state index contributed by atoms with van der Waals surface area (Å²) in [5.41, 5.74) is 0.763. The van der Waals surface area contributed by atoms with Crippen LogP contribution in [0, 0.1) is 0 Å². The second-order valence-electron chi connectivity index (χ2n) is 5.78. The summed E-state index contributed by atoms with van der Waals surface area (Å²) in [7, 11) is 1.75. The zero-order valence-electron chi connectivity index (χ0n) is 12.7. The maximum atomic E-state index is 12.2. The van der Waals surface area contributed by atoms with E-state index in [1.165, 1.54) is 12.8 Å². The number of amides is 1. The first-order valence-corrected chi connectivity index (χ1v) is 7.69. The molecule has 0 saturated heterocycles. The predicted molar refractivity (Wildman–Crippen MR) is 79.9 cm³/mol. The van der Waals surface area contributed by atoms with Crippen LogP contribution in [0.5, 0.6) is 0 Å². The number of carbonyl (C=O) groups is 1. The third-order valence-corrected chi connectivity index (χ3v) is 4.05. The van der Waals surface area contributed by atoms with Gasteiger partial charge in [0.15, 0.2) is 5.82 Å². The highest BCUT2D eigenvalue weighted by Gasteiger charge is 2.23. The quantitative estimate of drug-likeness (QED) is 0.847. The molecule has 1 fully saturated rings. The molecule has 1 aliphatic rings. The van der Waals surface area contributed by atoms with Crippen molar-refractivity contribution in [3.8, 4) is 0 Å². The molecule has 0 atom stereocenters. The fraction of sp³-hybridized carbons (Fsp3) is 0.500. The molecule has 0 radical (unpaired) electrons. The standard InChI is InChI=1S/C16H20N4O2/c1-20(15(21)10-13-8-4-5-9-17-13)11-14-18-16(22-19-14)12-6-2-3-7-12/h4-5,8-9,12H,2-3,6-7,10-11H2,1H3. The minimum absolute atomic E-state index is 0.00841. The maximum absolute atomic E-state index is 12.2. The molecule has 2 aromatic rings. The van der Waals surface area contributed by atoms with Crippen LogP contribution in [-0.2, 0) is 17.8 Å². The summed E-state index contributed by atoms with van der Waals surface area (Å²) in [6.07, 6.45) is 6.67. The molecule has 22 heavy (non-hydrogen) atoms. The molecule has 116 valence electrons. The largest absolute Gasteiger partial charge is 0.339 e. The van der Waals surface area contributed by atoms with Gasteiger partial charge in [-0.2, -0.15) is 4.98 Å². The van der Waals surface area contributed by atoms with Gasteiger partial charge in [-0.05, 0) is 25.0 Å². The monoisotopic (exact) mass is 300 g/mol. The van der Waals surface area contributed by atoms with E-state index >= 15 is 0 Å². The molecular weight excluding hydrogens is 280 g/mol. The first-order valence-electron chi connectivity index (χ1n) is 7.69. The van der Waals surface area contributed by atoms with Crippen LogP contribution in [0.3, 0.4) is 0 Å². The summed E-state index contributed by atoms with van der Waals surface area (Å²) >= 11 is 0. The number of likely N-dealkylation sites (N-methyl/N-ethyl adjacent to an activating group) is 1. The van der Waals surface area contributed by atoms with Crippen molar-refractivity contribution in [2.75, 3.05) is 7.05 Å². The average Bonchev–Trinajstić information content (AvgIpc) is 3.19. The fourth-order valence-electron chi connectivity index (χ4n) is 2.76. The van der Waals surface area contributed by atoms with Gasteiger partial charge in [0.1, 0.15) is 0 Å². The van der Waals surface area contributed by atoms with Crippen molar-refractivity contribution >= 4 is 5.91 Å². The minimum Gasteiger partial charge on any atom is -0.339 e. The van der Waals surface area contributed by atoms with E-state index in [2.05, 4.69) is 15.1 Å². The Bertz CT molecular complexity index is 620. The molecule has 6 nitrogen and oxygen atoms in total. The van der Waals surface area contributed by atoms with Gasteiger partial charge in [0.25, 0.3) is 0 Å². The number of aromatic nitrogens is 3. The van der Waals surface area contributed by atoms with Crippen molar-refractivity contribution in [2.45, 2.75) is 44.6 Å². The van der Waals surface area contributed by atoms with Gasteiger partial charge in [-0.15, -0.1) is 0 Å². The van der Waals surface area contributed by atoms with Gasteiger partial charge in [0.05, 0.1) is 13.0 Å². The van der Waals surface area contributed by atoms with Crippen LogP contribution in [0.15, 0.2) is 28.9 Å². The van der Waals surface area contributed by atoms with Crippen molar-refractivity contribution in [1.82, 2.24) is 20.0 Å². The number of rotatable bonds is 5. The molecule has 0 bridgehead atoms. The van der Waals surface area contributed by atoms with Gasteiger partial charge in [0, 0.05) is 24.9 Å². The van der Waals surface area contributed by atoms with Gasteiger partial charge < -0.3 is 9.42 Å². The van der Waals surface area contributed by atoms with Gasteiger partial charge in [-0.3, -0.25) is 9.78 Å². The lowest BCUT2D eigenvalue weighted by Crippen LogP contribution is -2.28. The molecule has 2 heterocycles. The molecule has 0 spiro atoms. The summed E-state index contributed by atoms with van der Waals surface area (Å²) < 4.78 is 5.34. The third kappa shape index (κ3) is 3.50. The minimum atomic E-state index is -0.00841. The highest BCUT2D eigenvalue weighted by Crippen LogP contribution is 2.32. The van der Waals surface area contributed by atoms with Crippen LogP contribution in [0.4, 0.5) is 0 Å². The summed E-state index contributed by atoms with van der Waals surface area (Å²) in [6.45, 7) is 0.363. The molecule has 6 heteroatoms. The summed E-state index contributed by atoms with van der Waals surface area (Å²) in [4.78, 5) is 22.4. The summed E-state index contributed by atoms with van der Waals surface area (Å²) in [5.74, 6) is 1.68. The van der Waals surface area contributed by atoms with Crippen LogP contribution in [-0.4, -0.2) is 33.0 Å². The lowest BCUT2D eigenvalue weighted by molar-refractivity contribution is -0.129. The van der Waals surface area contributed by atoms with E-state index in [1.54, 1.807) is 18.1 Å². The van der Waals surface area contributed by atoms with Crippen molar-refractivity contribution in [3.63, 3.8) is 0 Å². The smallest absolute Gasteiger partial charge is 0.229 e. The Morgan fingerprint density at radius 2 is 2.18 bits per heavy atom. The van der Waals surface area contributed by atoms with E-state index in [1.807, 2.05) is 18.2 Å². The van der Waals surface area contributed by atoms with Crippen LogP contribution in [0.25, 0.3) is 0 Å². The van der Waals surface area contributed by atoms with E-state index in [4.69, 9.17) is 4.52 Å². The Morgan fingerprint density at radius 1 is 1.36 bits per heavy atom. The lowest BCUT2D eigenvalue weighted by Gasteiger charge is -2.14. The Kier molecular flexibility index (Phi) is 4.46. The Labute approximate surface area is 129 Å². The second-order valence-corrected chi connectivity index (χ2v) is 5.78.